The summed E-state index contributed by atoms with van der Waals surface area (Å²) >= 11 is 0. The highest BCUT2D eigenvalue weighted by Crippen LogP contribution is 2.21. The summed E-state index contributed by atoms with van der Waals surface area (Å²) < 4.78 is 24.7. The van der Waals surface area contributed by atoms with E-state index in [0.29, 0.717) is 32.7 Å². The van der Waals surface area contributed by atoms with Gasteiger partial charge in [-0.3, -0.25) is 9.69 Å². The van der Waals surface area contributed by atoms with Crippen molar-refractivity contribution in [1.82, 2.24) is 14.1 Å². The third-order valence-corrected chi connectivity index (χ3v) is 5.57. The minimum Gasteiger partial charge on any atom is -0.395 e. The van der Waals surface area contributed by atoms with Gasteiger partial charge in [-0.2, -0.15) is 0 Å². The summed E-state index contributed by atoms with van der Waals surface area (Å²) in [4.78, 5) is 16.5. The minimum atomic E-state index is -3.21. The first-order chi connectivity index (χ1) is 9.91. The maximum absolute atomic E-state index is 12.5. The Morgan fingerprint density at radius 2 is 1.86 bits per heavy atom. The SMILES string of the molecule is CS(=O)(=O)N1CCCC(C(=O)N2CCN(CCO)CC2)C1. The van der Waals surface area contributed by atoms with E-state index in [0.717, 1.165) is 25.9 Å². The van der Waals surface area contributed by atoms with Gasteiger partial charge in [0.05, 0.1) is 18.8 Å². The number of aliphatic hydroxyl groups excluding tert-OH is 1. The minimum absolute atomic E-state index is 0.0759. The third-order valence-electron chi connectivity index (χ3n) is 4.30. The first-order valence-corrected chi connectivity index (χ1v) is 9.34. The van der Waals surface area contributed by atoms with Gasteiger partial charge in [-0.25, -0.2) is 12.7 Å². The van der Waals surface area contributed by atoms with E-state index < -0.39 is 10.0 Å². The number of hydrogen-bond acceptors (Lipinski definition) is 5. The molecule has 0 bridgehead atoms. The van der Waals surface area contributed by atoms with Gasteiger partial charge < -0.3 is 10.0 Å². The Labute approximate surface area is 126 Å². The third kappa shape index (κ3) is 4.38. The standard InChI is InChI=1S/C13H25N3O4S/c1-21(19,20)16-4-2-3-12(11-16)13(18)15-7-5-14(6-8-15)9-10-17/h12,17H,2-11H2,1H3. The van der Waals surface area contributed by atoms with Crippen molar-refractivity contribution in [2.45, 2.75) is 12.8 Å². The van der Waals surface area contributed by atoms with Crippen LogP contribution in [0.5, 0.6) is 0 Å². The van der Waals surface area contributed by atoms with Crippen LogP contribution < -0.4 is 0 Å². The summed E-state index contributed by atoms with van der Waals surface area (Å²) in [5.74, 6) is -0.134. The Hall–Kier alpha value is -0.700. The summed E-state index contributed by atoms with van der Waals surface area (Å²) in [7, 11) is -3.21. The van der Waals surface area contributed by atoms with E-state index in [1.54, 1.807) is 0 Å². The molecule has 1 atom stereocenters. The summed E-state index contributed by atoms with van der Waals surface area (Å²) in [6.07, 6.45) is 2.71. The molecule has 2 rings (SSSR count). The summed E-state index contributed by atoms with van der Waals surface area (Å²) in [5.41, 5.74) is 0. The second kappa shape index (κ2) is 7.04. The van der Waals surface area contributed by atoms with E-state index in [2.05, 4.69) is 4.90 Å². The molecule has 0 aromatic carbocycles. The monoisotopic (exact) mass is 319 g/mol. The molecule has 0 aliphatic carbocycles. The second-order valence-electron chi connectivity index (χ2n) is 5.85. The predicted octanol–water partition coefficient (Wildman–Crippen LogP) is -1.21. The van der Waals surface area contributed by atoms with Crippen molar-refractivity contribution in [2.24, 2.45) is 5.92 Å². The molecule has 2 saturated heterocycles. The largest absolute Gasteiger partial charge is 0.395 e. The van der Waals surface area contributed by atoms with Gasteiger partial charge in [0, 0.05) is 45.8 Å². The van der Waals surface area contributed by atoms with Crippen molar-refractivity contribution in [3.63, 3.8) is 0 Å². The van der Waals surface area contributed by atoms with Crippen molar-refractivity contribution in [1.29, 1.82) is 0 Å². The summed E-state index contributed by atoms with van der Waals surface area (Å²) in [6, 6.07) is 0. The smallest absolute Gasteiger partial charge is 0.227 e. The number of sulfonamides is 1. The van der Waals surface area contributed by atoms with E-state index in [1.807, 2.05) is 4.90 Å². The van der Waals surface area contributed by atoms with Gasteiger partial charge in [-0.1, -0.05) is 0 Å². The number of piperidine rings is 1. The number of β-amino-alcohol motifs (C(OH)–C–C–N with tert-alkyl or cyclic N) is 1. The van der Waals surface area contributed by atoms with Crippen LogP contribution in [0.3, 0.4) is 0 Å². The zero-order chi connectivity index (χ0) is 15.5. The number of carbonyl (C=O) groups is 1. The lowest BCUT2D eigenvalue weighted by molar-refractivity contribution is -0.138. The van der Waals surface area contributed by atoms with Crippen LogP contribution in [0.2, 0.25) is 0 Å². The van der Waals surface area contributed by atoms with Crippen molar-refractivity contribution < 1.29 is 18.3 Å². The van der Waals surface area contributed by atoms with Gasteiger partial charge in [-0.15, -0.1) is 0 Å². The molecule has 2 aliphatic rings. The van der Waals surface area contributed by atoms with E-state index in [1.165, 1.54) is 10.6 Å². The summed E-state index contributed by atoms with van der Waals surface area (Å²) in [6.45, 7) is 4.49. The Kier molecular flexibility index (Phi) is 5.59. The van der Waals surface area contributed by atoms with Crippen LogP contribution in [0, 0.1) is 5.92 Å². The van der Waals surface area contributed by atoms with Gasteiger partial charge in [0.1, 0.15) is 0 Å². The fourth-order valence-electron chi connectivity index (χ4n) is 3.04. The van der Waals surface area contributed by atoms with Crippen LogP contribution in [0.15, 0.2) is 0 Å². The molecule has 0 saturated carbocycles. The molecule has 0 radical (unpaired) electrons. The molecule has 21 heavy (non-hydrogen) atoms. The topological polar surface area (TPSA) is 81.2 Å². The molecule has 1 amide bonds. The number of carbonyl (C=O) groups excluding carboxylic acids is 1. The lowest BCUT2D eigenvalue weighted by Gasteiger charge is -2.38. The normalized spacial score (nSPS) is 26.0. The molecule has 2 fully saturated rings. The van der Waals surface area contributed by atoms with Gasteiger partial charge >= 0.3 is 0 Å². The number of hydrogen-bond donors (Lipinski definition) is 1. The molecule has 1 N–H and O–H groups in total. The van der Waals surface area contributed by atoms with Crippen molar-refractivity contribution in [2.75, 3.05) is 58.7 Å². The van der Waals surface area contributed by atoms with Crippen LogP contribution in [-0.4, -0.2) is 92.2 Å². The van der Waals surface area contributed by atoms with Crippen molar-refractivity contribution in [3.05, 3.63) is 0 Å². The maximum atomic E-state index is 12.5. The highest BCUT2D eigenvalue weighted by atomic mass is 32.2. The molecular formula is C13H25N3O4S. The van der Waals surface area contributed by atoms with Crippen molar-refractivity contribution in [3.8, 4) is 0 Å². The molecule has 8 heteroatoms. The number of aliphatic hydroxyl groups is 1. The quantitative estimate of drug-likeness (QED) is 0.703. The van der Waals surface area contributed by atoms with Crippen LogP contribution in [0.1, 0.15) is 12.8 Å². The first kappa shape index (κ1) is 16.7. The Morgan fingerprint density at radius 1 is 1.19 bits per heavy atom. The fourth-order valence-corrected chi connectivity index (χ4v) is 3.95. The molecule has 7 nitrogen and oxygen atoms in total. The molecule has 2 aliphatic heterocycles. The molecule has 0 aromatic heterocycles. The molecule has 0 aromatic rings. The number of amides is 1. The first-order valence-electron chi connectivity index (χ1n) is 7.49. The van der Waals surface area contributed by atoms with Crippen LogP contribution in [0.4, 0.5) is 0 Å². The Bertz CT molecular complexity index is 460. The fraction of sp³-hybridized carbons (Fsp3) is 0.923. The van der Waals surface area contributed by atoms with E-state index in [4.69, 9.17) is 5.11 Å². The predicted molar refractivity (Wildman–Crippen MR) is 79.2 cm³/mol. The molecule has 0 spiro atoms. The van der Waals surface area contributed by atoms with E-state index in [9.17, 15) is 13.2 Å². The summed E-state index contributed by atoms with van der Waals surface area (Å²) in [5, 5.41) is 8.92. The highest BCUT2D eigenvalue weighted by molar-refractivity contribution is 7.88. The number of rotatable bonds is 4. The van der Waals surface area contributed by atoms with Crippen LogP contribution >= 0.6 is 0 Å². The average Bonchev–Trinajstić information content (AvgIpc) is 2.47. The van der Waals surface area contributed by atoms with Gasteiger partial charge in [0.2, 0.25) is 15.9 Å². The highest BCUT2D eigenvalue weighted by Gasteiger charge is 2.33. The number of piperazine rings is 1. The van der Waals surface area contributed by atoms with Gasteiger partial charge in [-0.05, 0) is 12.8 Å². The van der Waals surface area contributed by atoms with Crippen LogP contribution in [0.25, 0.3) is 0 Å². The second-order valence-corrected chi connectivity index (χ2v) is 7.83. The lowest BCUT2D eigenvalue weighted by atomic mass is 9.98. The lowest BCUT2D eigenvalue weighted by Crippen LogP contribution is -2.53. The van der Waals surface area contributed by atoms with E-state index >= 15 is 0 Å². The Balaban J connectivity index is 1.89. The van der Waals surface area contributed by atoms with Crippen molar-refractivity contribution >= 4 is 15.9 Å². The average molecular weight is 319 g/mol. The molecule has 2 heterocycles. The van der Waals surface area contributed by atoms with E-state index in [-0.39, 0.29) is 18.4 Å². The molecular weight excluding hydrogens is 294 g/mol. The zero-order valence-corrected chi connectivity index (χ0v) is 13.4. The zero-order valence-electron chi connectivity index (χ0n) is 12.6. The molecule has 122 valence electrons. The van der Waals surface area contributed by atoms with Gasteiger partial charge in [0.15, 0.2) is 0 Å². The van der Waals surface area contributed by atoms with Crippen LogP contribution in [-0.2, 0) is 14.8 Å². The Morgan fingerprint density at radius 3 is 2.43 bits per heavy atom. The maximum Gasteiger partial charge on any atom is 0.227 e. The van der Waals surface area contributed by atoms with Gasteiger partial charge in [0.25, 0.3) is 0 Å². The molecule has 1 unspecified atom stereocenters. The number of nitrogens with zero attached hydrogens (tertiary/aromatic N) is 3.